The average molecular weight is 584 g/mol. The summed E-state index contributed by atoms with van der Waals surface area (Å²) in [6.07, 6.45) is 1.48. The molecule has 0 aromatic heterocycles. The monoisotopic (exact) mass is 583 g/mol. The quantitative estimate of drug-likeness (QED) is 0.221. The molecule has 0 fully saturated rings. The van der Waals surface area contributed by atoms with E-state index in [1.54, 1.807) is 26.0 Å². The number of amides is 2. The molecule has 1 atom stereocenters. The first-order valence-electron chi connectivity index (χ1n) is 12.2. The van der Waals surface area contributed by atoms with E-state index >= 15 is 0 Å². The molecule has 0 heterocycles. The maximum Gasteiger partial charge on any atom is 0.262 e. The number of rotatable bonds is 11. The number of carbonyl (C=O) groups excluding carboxylic acids is 2. The minimum atomic E-state index is -0.840. The summed E-state index contributed by atoms with van der Waals surface area (Å²) < 4.78 is 25.6. The van der Waals surface area contributed by atoms with Crippen LogP contribution in [0, 0.1) is 18.7 Å². The summed E-state index contributed by atoms with van der Waals surface area (Å²) in [5.41, 5.74) is 5.61. The molecule has 0 spiro atoms. The first-order chi connectivity index (χ1) is 18.2. The van der Waals surface area contributed by atoms with Crippen LogP contribution in [0.15, 0.2) is 70.2 Å². The van der Waals surface area contributed by atoms with Gasteiger partial charge in [0.25, 0.3) is 11.8 Å². The second-order valence-electron chi connectivity index (χ2n) is 8.97. The predicted octanol–water partition coefficient (Wildman–Crippen LogP) is 5.78. The smallest absolute Gasteiger partial charge is 0.262 e. The molecule has 0 aliphatic heterocycles. The number of benzene rings is 3. The van der Waals surface area contributed by atoms with Gasteiger partial charge in [0.05, 0.1) is 17.3 Å². The summed E-state index contributed by atoms with van der Waals surface area (Å²) in [5, 5.41) is 6.75. The molecule has 0 aliphatic rings. The SMILES string of the molecule is CCOc1cc(C=NNC(=O)C(NC(=O)c2ccc(F)cc2)C(C)C)cc(Br)c1OCc1ccc(C)cc1. The van der Waals surface area contributed by atoms with Gasteiger partial charge in [-0.15, -0.1) is 0 Å². The van der Waals surface area contributed by atoms with Crippen LogP contribution in [0.25, 0.3) is 0 Å². The molecule has 2 N–H and O–H groups in total. The molecule has 0 radical (unpaired) electrons. The Balaban J connectivity index is 1.67. The Hall–Kier alpha value is -3.72. The summed E-state index contributed by atoms with van der Waals surface area (Å²) in [4.78, 5) is 25.3. The van der Waals surface area contributed by atoms with Crippen LogP contribution in [-0.4, -0.2) is 30.7 Å². The maximum absolute atomic E-state index is 13.2. The van der Waals surface area contributed by atoms with Crippen LogP contribution in [-0.2, 0) is 11.4 Å². The normalized spacial score (nSPS) is 11.9. The number of hydrogen-bond acceptors (Lipinski definition) is 5. The average Bonchev–Trinajstić information content (AvgIpc) is 2.88. The van der Waals surface area contributed by atoms with E-state index in [-0.39, 0.29) is 11.5 Å². The maximum atomic E-state index is 13.2. The topological polar surface area (TPSA) is 89.0 Å². The Bertz CT molecular complexity index is 1280. The van der Waals surface area contributed by atoms with Crippen molar-refractivity contribution in [3.05, 3.63) is 93.2 Å². The van der Waals surface area contributed by atoms with E-state index in [1.807, 2.05) is 38.1 Å². The van der Waals surface area contributed by atoms with Crippen LogP contribution in [0.3, 0.4) is 0 Å². The lowest BCUT2D eigenvalue weighted by atomic mass is 10.0. The van der Waals surface area contributed by atoms with Crippen molar-refractivity contribution in [3.8, 4) is 11.5 Å². The van der Waals surface area contributed by atoms with Gasteiger partial charge < -0.3 is 14.8 Å². The zero-order valence-electron chi connectivity index (χ0n) is 21.8. The van der Waals surface area contributed by atoms with Gasteiger partial charge in [-0.05, 0) is 83.2 Å². The molecule has 1 unspecified atom stereocenters. The molecule has 38 heavy (non-hydrogen) atoms. The molecule has 0 bridgehead atoms. The van der Waals surface area contributed by atoms with Crippen LogP contribution in [0.2, 0.25) is 0 Å². The molecule has 9 heteroatoms. The number of halogens is 2. The van der Waals surface area contributed by atoms with Crippen LogP contribution < -0.4 is 20.2 Å². The Kier molecular flexibility index (Phi) is 10.4. The minimum absolute atomic E-state index is 0.210. The Morgan fingerprint density at radius 3 is 2.37 bits per heavy atom. The van der Waals surface area contributed by atoms with Crippen molar-refractivity contribution in [2.75, 3.05) is 6.61 Å². The fourth-order valence-corrected chi connectivity index (χ4v) is 4.08. The second-order valence-corrected chi connectivity index (χ2v) is 9.83. The molecule has 0 saturated carbocycles. The summed E-state index contributed by atoms with van der Waals surface area (Å²) >= 11 is 3.55. The van der Waals surface area contributed by atoms with Crippen molar-refractivity contribution in [3.63, 3.8) is 0 Å². The van der Waals surface area contributed by atoms with Crippen molar-refractivity contribution in [1.82, 2.24) is 10.7 Å². The highest BCUT2D eigenvalue weighted by molar-refractivity contribution is 9.10. The van der Waals surface area contributed by atoms with Gasteiger partial charge >= 0.3 is 0 Å². The molecular weight excluding hydrogens is 553 g/mol. The highest BCUT2D eigenvalue weighted by Gasteiger charge is 2.24. The summed E-state index contributed by atoms with van der Waals surface area (Å²) in [7, 11) is 0. The molecule has 3 aromatic carbocycles. The van der Waals surface area contributed by atoms with E-state index in [1.165, 1.54) is 36.0 Å². The number of hydrazone groups is 1. The van der Waals surface area contributed by atoms with Gasteiger partial charge in [-0.25, -0.2) is 9.82 Å². The van der Waals surface area contributed by atoms with Crippen molar-refractivity contribution >= 4 is 34.0 Å². The molecule has 7 nitrogen and oxygen atoms in total. The van der Waals surface area contributed by atoms with Gasteiger partial charge in [0.1, 0.15) is 18.5 Å². The van der Waals surface area contributed by atoms with E-state index < -0.39 is 23.7 Å². The van der Waals surface area contributed by atoms with Crippen molar-refractivity contribution in [2.45, 2.75) is 40.3 Å². The Morgan fingerprint density at radius 2 is 1.74 bits per heavy atom. The minimum Gasteiger partial charge on any atom is -0.490 e. The summed E-state index contributed by atoms with van der Waals surface area (Å²) in [6.45, 7) is 8.34. The first-order valence-corrected chi connectivity index (χ1v) is 13.0. The van der Waals surface area contributed by atoms with Gasteiger partial charge in [-0.3, -0.25) is 9.59 Å². The lowest BCUT2D eigenvalue weighted by molar-refractivity contribution is -0.123. The molecule has 2 amide bonds. The fraction of sp³-hybridized carbons (Fsp3) is 0.276. The molecule has 0 saturated heterocycles. The molecule has 3 rings (SSSR count). The lowest BCUT2D eigenvalue weighted by Crippen LogP contribution is -2.48. The summed E-state index contributed by atoms with van der Waals surface area (Å²) in [6, 6.07) is 15.9. The van der Waals surface area contributed by atoms with E-state index in [4.69, 9.17) is 9.47 Å². The van der Waals surface area contributed by atoms with Gasteiger partial charge in [0.2, 0.25) is 0 Å². The van der Waals surface area contributed by atoms with Crippen LogP contribution in [0.4, 0.5) is 4.39 Å². The third-order valence-corrected chi connectivity index (χ3v) is 6.16. The largest absolute Gasteiger partial charge is 0.490 e. The van der Waals surface area contributed by atoms with Crippen molar-refractivity contribution in [2.24, 2.45) is 11.0 Å². The molecule has 0 aliphatic carbocycles. The highest BCUT2D eigenvalue weighted by Crippen LogP contribution is 2.37. The summed E-state index contributed by atoms with van der Waals surface area (Å²) in [5.74, 6) is -0.508. The zero-order chi connectivity index (χ0) is 27.7. The second kappa shape index (κ2) is 13.7. The number of nitrogens with one attached hydrogen (secondary N) is 2. The number of ether oxygens (including phenoxy) is 2. The van der Waals surface area contributed by atoms with E-state index in [2.05, 4.69) is 31.8 Å². The standard InChI is InChI=1S/C29H31BrFN3O4/c1-5-37-25-15-21(14-24(30)27(25)38-17-20-8-6-19(4)7-9-20)16-32-34-29(36)26(18(2)3)33-28(35)22-10-12-23(31)13-11-22/h6-16,18,26H,5,17H2,1-4H3,(H,33,35)(H,34,36). The Labute approximate surface area is 230 Å². The predicted molar refractivity (Wildman–Crippen MR) is 149 cm³/mol. The van der Waals surface area contributed by atoms with Crippen molar-refractivity contribution < 1.29 is 23.5 Å². The van der Waals surface area contributed by atoms with Gasteiger partial charge in [-0.1, -0.05) is 43.7 Å². The number of hydrogen-bond donors (Lipinski definition) is 2. The van der Waals surface area contributed by atoms with Gasteiger partial charge in [0.15, 0.2) is 11.5 Å². The first kappa shape index (κ1) is 28.8. The van der Waals surface area contributed by atoms with Gasteiger partial charge in [-0.2, -0.15) is 5.10 Å². The zero-order valence-corrected chi connectivity index (χ0v) is 23.3. The van der Waals surface area contributed by atoms with E-state index in [0.717, 1.165) is 5.56 Å². The highest BCUT2D eigenvalue weighted by atomic mass is 79.9. The fourth-order valence-electron chi connectivity index (χ4n) is 3.51. The van der Waals surface area contributed by atoms with E-state index in [9.17, 15) is 14.0 Å². The van der Waals surface area contributed by atoms with Crippen molar-refractivity contribution in [1.29, 1.82) is 0 Å². The van der Waals surface area contributed by atoms with Gasteiger partial charge in [0, 0.05) is 5.56 Å². The van der Waals surface area contributed by atoms with E-state index in [0.29, 0.717) is 34.7 Å². The van der Waals surface area contributed by atoms with Crippen LogP contribution in [0.5, 0.6) is 11.5 Å². The van der Waals surface area contributed by atoms with Crippen LogP contribution >= 0.6 is 15.9 Å². The Morgan fingerprint density at radius 1 is 1.05 bits per heavy atom. The molecular formula is C29H31BrFN3O4. The number of nitrogens with zero attached hydrogens (tertiary/aromatic N) is 1. The molecule has 200 valence electrons. The van der Waals surface area contributed by atoms with Crippen LogP contribution in [0.1, 0.15) is 47.8 Å². The third-order valence-electron chi connectivity index (χ3n) is 5.57. The third kappa shape index (κ3) is 8.14. The number of carbonyl (C=O) groups is 2. The lowest BCUT2D eigenvalue weighted by Gasteiger charge is -2.20. The molecule has 3 aromatic rings. The number of aryl methyl sites for hydroxylation is 1.